The van der Waals surface area contributed by atoms with Gasteiger partial charge in [0, 0.05) is 27.8 Å². The molecule has 162 valence electrons. The van der Waals surface area contributed by atoms with Gasteiger partial charge in [-0.15, -0.1) is 0 Å². The number of carbonyl (C=O) groups is 2. The van der Waals surface area contributed by atoms with Crippen molar-refractivity contribution in [2.45, 2.75) is 20.8 Å². The van der Waals surface area contributed by atoms with Gasteiger partial charge in [0.2, 0.25) is 0 Å². The molecule has 1 amide bonds. The molecule has 0 saturated carbocycles. The van der Waals surface area contributed by atoms with E-state index in [1.165, 1.54) is 7.11 Å². The van der Waals surface area contributed by atoms with Crippen molar-refractivity contribution in [3.63, 3.8) is 0 Å². The Morgan fingerprint density at radius 2 is 1.78 bits per heavy atom. The van der Waals surface area contributed by atoms with E-state index in [2.05, 4.69) is 5.32 Å². The summed E-state index contributed by atoms with van der Waals surface area (Å²) in [5.41, 5.74) is 5.35. The number of hydrogen-bond donors (Lipinski definition) is 1. The van der Waals surface area contributed by atoms with Crippen LogP contribution in [0.25, 0.3) is 11.8 Å². The fourth-order valence-corrected chi connectivity index (χ4v) is 3.62. The van der Waals surface area contributed by atoms with E-state index in [1.54, 1.807) is 42.5 Å². The van der Waals surface area contributed by atoms with Gasteiger partial charge in [-0.2, -0.15) is 5.26 Å². The molecule has 3 rings (SSSR count). The Morgan fingerprint density at radius 1 is 1.09 bits per heavy atom. The first-order valence-corrected chi connectivity index (χ1v) is 10.2. The lowest BCUT2D eigenvalue weighted by Gasteiger charge is -2.14. The van der Waals surface area contributed by atoms with Crippen molar-refractivity contribution in [3.8, 4) is 11.8 Å². The maximum atomic E-state index is 12.6. The predicted octanol–water partition coefficient (Wildman–Crippen LogP) is 5.39. The van der Waals surface area contributed by atoms with Gasteiger partial charge >= 0.3 is 5.97 Å². The Balaban J connectivity index is 1.95. The van der Waals surface area contributed by atoms with Crippen LogP contribution in [0.5, 0.6) is 0 Å². The number of nitrogens with zero attached hydrogens (tertiary/aromatic N) is 2. The number of rotatable bonds is 5. The van der Waals surface area contributed by atoms with E-state index in [9.17, 15) is 14.9 Å². The predicted molar refractivity (Wildman–Crippen MR) is 125 cm³/mol. The number of benzene rings is 2. The van der Waals surface area contributed by atoms with Crippen LogP contribution in [0.1, 0.15) is 32.9 Å². The number of amides is 1. The summed E-state index contributed by atoms with van der Waals surface area (Å²) >= 11 is 5.87. The number of nitriles is 1. The summed E-state index contributed by atoms with van der Waals surface area (Å²) in [4.78, 5) is 24.4. The lowest BCUT2D eigenvalue weighted by Crippen LogP contribution is -2.13. The maximum Gasteiger partial charge on any atom is 0.337 e. The molecule has 32 heavy (non-hydrogen) atoms. The van der Waals surface area contributed by atoms with Crippen LogP contribution >= 0.6 is 11.6 Å². The van der Waals surface area contributed by atoms with E-state index in [0.29, 0.717) is 16.3 Å². The number of aromatic nitrogens is 1. The lowest BCUT2D eigenvalue weighted by atomic mass is 10.1. The summed E-state index contributed by atoms with van der Waals surface area (Å²) in [7, 11) is 1.35. The van der Waals surface area contributed by atoms with Crippen molar-refractivity contribution >= 4 is 35.2 Å². The second-order valence-electron chi connectivity index (χ2n) is 7.29. The van der Waals surface area contributed by atoms with Gasteiger partial charge in [0.15, 0.2) is 0 Å². The van der Waals surface area contributed by atoms with E-state index < -0.39 is 11.9 Å². The molecular formula is C25H22ClN3O3. The molecule has 0 atom stereocenters. The Labute approximate surface area is 191 Å². The van der Waals surface area contributed by atoms with E-state index in [0.717, 1.165) is 28.2 Å². The van der Waals surface area contributed by atoms with E-state index in [-0.39, 0.29) is 5.57 Å². The molecule has 6 nitrogen and oxygen atoms in total. The number of halogens is 1. The second-order valence-corrected chi connectivity index (χ2v) is 7.72. The molecule has 0 aliphatic heterocycles. The molecule has 0 spiro atoms. The Hall–Kier alpha value is -3.82. The van der Waals surface area contributed by atoms with Crippen molar-refractivity contribution in [1.29, 1.82) is 5.26 Å². The van der Waals surface area contributed by atoms with Crippen LogP contribution in [-0.4, -0.2) is 23.6 Å². The van der Waals surface area contributed by atoms with Gasteiger partial charge in [-0.3, -0.25) is 4.79 Å². The highest BCUT2D eigenvalue weighted by molar-refractivity contribution is 6.30. The average molecular weight is 448 g/mol. The minimum Gasteiger partial charge on any atom is -0.465 e. The summed E-state index contributed by atoms with van der Waals surface area (Å²) in [6.07, 6.45) is 1.57. The molecule has 7 heteroatoms. The molecule has 0 aliphatic carbocycles. The number of methoxy groups -OCH3 is 1. The minimum atomic E-state index is -0.502. The van der Waals surface area contributed by atoms with Gasteiger partial charge in [0.05, 0.1) is 12.7 Å². The van der Waals surface area contributed by atoms with Gasteiger partial charge in [0.1, 0.15) is 11.6 Å². The van der Waals surface area contributed by atoms with Crippen molar-refractivity contribution in [2.75, 3.05) is 12.4 Å². The standard InChI is InChI=1S/C25H22ClN3O3/c1-15-11-18(25(31)32-4)5-10-23(15)29-16(2)12-19(17(29)3)13-20(14-27)24(30)28-22-8-6-21(26)7-9-22/h5-13H,1-4H3,(H,28,30)/b20-13-. The molecule has 1 aromatic heterocycles. The zero-order valence-electron chi connectivity index (χ0n) is 18.2. The van der Waals surface area contributed by atoms with Gasteiger partial charge < -0.3 is 14.6 Å². The van der Waals surface area contributed by atoms with Crippen LogP contribution in [0.2, 0.25) is 5.02 Å². The summed E-state index contributed by atoms with van der Waals surface area (Å²) in [5.74, 6) is -0.896. The quantitative estimate of drug-likeness (QED) is 0.323. The molecule has 3 aromatic rings. The number of hydrogen-bond acceptors (Lipinski definition) is 4. The summed E-state index contributed by atoms with van der Waals surface area (Å²) in [6.45, 7) is 5.77. The molecule has 0 bridgehead atoms. The van der Waals surface area contributed by atoms with Gasteiger partial charge in [-0.1, -0.05) is 11.6 Å². The number of esters is 1. The highest BCUT2D eigenvalue weighted by Gasteiger charge is 2.16. The third-order valence-electron chi connectivity index (χ3n) is 5.10. The first kappa shape index (κ1) is 22.9. The van der Waals surface area contributed by atoms with Crippen molar-refractivity contribution in [2.24, 2.45) is 0 Å². The zero-order chi connectivity index (χ0) is 23.4. The third kappa shape index (κ3) is 4.74. The number of anilines is 1. The van der Waals surface area contributed by atoms with Crippen LogP contribution in [0.3, 0.4) is 0 Å². The molecule has 0 aliphatic rings. The van der Waals surface area contributed by atoms with Crippen LogP contribution < -0.4 is 5.32 Å². The molecule has 0 fully saturated rings. The SMILES string of the molecule is COC(=O)c1ccc(-n2c(C)cc(/C=C(/C#N)C(=O)Nc3ccc(Cl)cc3)c2C)c(C)c1. The largest absolute Gasteiger partial charge is 0.465 e. The van der Waals surface area contributed by atoms with Gasteiger partial charge in [0.25, 0.3) is 5.91 Å². The van der Waals surface area contributed by atoms with E-state index in [4.69, 9.17) is 16.3 Å². The highest BCUT2D eigenvalue weighted by atomic mass is 35.5. The molecule has 2 aromatic carbocycles. The smallest absolute Gasteiger partial charge is 0.337 e. The average Bonchev–Trinajstić information content (AvgIpc) is 3.05. The number of nitrogens with one attached hydrogen (secondary N) is 1. The molecule has 0 saturated heterocycles. The zero-order valence-corrected chi connectivity index (χ0v) is 18.9. The van der Waals surface area contributed by atoms with E-state index in [1.807, 2.05) is 43.5 Å². The fourth-order valence-electron chi connectivity index (χ4n) is 3.49. The van der Waals surface area contributed by atoms with Crippen LogP contribution in [0, 0.1) is 32.1 Å². The minimum absolute atomic E-state index is 0.0158. The van der Waals surface area contributed by atoms with Crippen LogP contribution in [0.4, 0.5) is 5.69 Å². The lowest BCUT2D eigenvalue weighted by molar-refractivity contribution is -0.112. The number of aryl methyl sites for hydroxylation is 2. The molecule has 1 heterocycles. The normalized spacial score (nSPS) is 11.1. The third-order valence-corrected chi connectivity index (χ3v) is 5.35. The van der Waals surface area contributed by atoms with Crippen molar-refractivity contribution < 1.29 is 14.3 Å². The maximum absolute atomic E-state index is 12.6. The topological polar surface area (TPSA) is 84.1 Å². The van der Waals surface area contributed by atoms with Gasteiger partial charge in [-0.05, 0) is 86.5 Å². The van der Waals surface area contributed by atoms with Crippen LogP contribution in [0.15, 0.2) is 54.1 Å². The second kappa shape index (κ2) is 9.54. The molecule has 0 radical (unpaired) electrons. The van der Waals surface area contributed by atoms with Crippen molar-refractivity contribution in [1.82, 2.24) is 4.57 Å². The fraction of sp³-hybridized carbons (Fsp3) is 0.160. The Bertz CT molecular complexity index is 1260. The number of carbonyl (C=O) groups excluding carboxylic acids is 2. The van der Waals surface area contributed by atoms with Crippen LogP contribution in [-0.2, 0) is 9.53 Å². The highest BCUT2D eigenvalue weighted by Crippen LogP contribution is 2.26. The Morgan fingerprint density at radius 3 is 2.38 bits per heavy atom. The summed E-state index contributed by atoms with van der Waals surface area (Å²) in [5, 5.41) is 12.8. The van der Waals surface area contributed by atoms with E-state index >= 15 is 0 Å². The summed E-state index contributed by atoms with van der Waals surface area (Å²) < 4.78 is 6.81. The first-order valence-electron chi connectivity index (χ1n) is 9.82. The molecule has 0 unspecified atom stereocenters. The van der Waals surface area contributed by atoms with Gasteiger partial charge in [-0.25, -0.2) is 4.79 Å². The monoisotopic (exact) mass is 447 g/mol. The van der Waals surface area contributed by atoms with Crippen molar-refractivity contribution in [3.05, 3.63) is 87.2 Å². The molecule has 1 N–H and O–H groups in total. The Kier molecular flexibility index (Phi) is 6.82. The molecular weight excluding hydrogens is 426 g/mol. The first-order chi connectivity index (χ1) is 15.2. The number of ether oxygens (including phenoxy) is 1. The summed E-state index contributed by atoms with van der Waals surface area (Å²) in [6, 6.07) is 15.9.